The molecular formula is C48H79NS2. The zero-order valence-electron chi connectivity index (χ0n) is 33.0. The maximum atomic E-state index is 3.42. The van der Waals surface area contributed by atoms with E-state index in [9.17, 15) is 0 Å². The van der Waals surface area contributed by atoms with E-state index in [2.05, 4.69) is 28.4 Å². The van der Waals surface area contributed by atoms with Crippen LogP contribution in [0.1, 0.15) is 199 Å². The lowest BCUT2D eigenvalue weighted by atomic mass is 9.62. The third-order valence-electron chi connectivity index (χ3n) is 19.1. The van der Waals surface area contributed by atoms with Crippen molar-refractivity contribution < 1.29 is 0 Å². The lowest BCUT2D eigenvalue weighted by Crippen LogP contribution is -2.56. The Labute approximate surface area is 324 Å². The Bertz CT molecular complexity index is 1110. The van der Waals surface area contributed by atoms with Gasteiger partial charge in [-0.15, -0.1) is 0 Å². The fourth-order valence-corrected chi connectivity index (χ4v) is 21.6. The van der Waals surface area contributed by atoms with Crippen LogP contribution in [0.3, 0.4) is 0 Å². The summed E-state index contributed by atoms with van der Waals surface area (Å²) in [4.78, 5) is 3.42. The van der Waals surface area contributed by atoms with Crippen LogP contribution in [0.4, 0.5) is 0 Å². The maximum absolute atomic E-state index is 3.42. The molecule has 8 aliphatic carbocycles. The van der Waals surface area contributed by atoms with Crippen LogP contribution < -0.4 is 0 Å². The molecule has 0 N–H and O–H groups in total. The highest BCUT2D eigenvalue weighted by Crippen LogP contribution is 2.66. The van der Waals surface area contributed by atoms with Gasteiger partial charge in [0.2, 0.25) is 0 Å². The van der Waals surface area contributed by atoms with E-state index in [1.807, 2.05) is 0 Å². The first-order chi connectivity index (χ1) is 25.3. The van der Waals surface area contributed by atoms with Crippen molar-refractivity contribution in [2.24, 2.45) is 59.2 Å². The van der Waals surface area contributed by atoms with Crippen LogP contribution in [0.25, 0.3) is 0 Å². The first-order valence-electron chi connectivity index (χ1n) is 24.4. The summed E-state index contributed by atoms with van der Waals surface area (Å²) in [6.07, 6.45) is 48.5. The molecule has 11 unspecified atom stereocenters. The van der Waals surface area contributed by atoms with Crippen molar-refractivity contribution >= 4 is 23.5 Å². The largest absolute Gasteiger partial charge is 0.294 e. The van der Waals surface area contributed by atoms with E-state index in [0.29, 0.717) is 0 Å². The van der Waals surface area contributed by atoms with Crippen molar-refractivity contribution in [3.8, 4) is 0 Å². The van der Waals surface area contributed by atoms with Gasteiger partial charge in [-0.3, -0.25) is 4.90 Å². The van der Waals surface area contributed by atoms with Crippen molar-refractivity contribution in [3.05, 3.63) is 0 Å². The molecule has 2 heterocycles. The molecule has 0 aromatic carbocycles. The van der Waals surface area contributed by atoms with E-state index in [4.69, 9.17) is 0 Å². The molecule has 0 aromatic heterocycles. The van der Waals surface area contributed by atoms with E-state index in [-0.39, 0.29) is 0 Å². The van der Waals surface area contributed by atoms with Gasteiger partial charge in [0.25, 0.3) is 0 Å². The molecule has 0 bridgehead atoms. The van der Waals surface area contributed by atoms with Crippen LogP contribution in [0.2, 0.25) is 0 Å². The topological polar surface area (TPSA) is 3.24 Å². The van der Waals surface area contributed by atoms with Gasteiger partial charge >= 0.3 is 0 Å². The Morgan fingerprint density at radius 3 is 1.57 bits per heavy atom. The second kappa shape index (κ2) is 16.3. The number of hydrogen-bond donors (Lipinski definition) is 0. The lowest BCUT2D eigenvalue weighted by Gasteiger charge is -2.54. The Kier molecular flexibility index (Phi) is 11.5. The summed E-state index contributed by atoms with van der Waals surface area (Å²) < 4.78 is 0. The molecule has 51 heavy (non-hydrogen) atoms. The summed E-state index contributed by atoms with van der Waals surface area (Å²) in [6, 6.07) is 2.78. The van der Waals surface area contributed by atoms with Crippen molar-refractivity contribution in [2.45, 2.75) is 238 Å². The van der Waals surface area contributed by atoms with Gasteiger partial charge in [0.15, 0.2) is 0 Å². The van der Waals surface area contributed by atoms with Crippen molar-refractivity contribution in [2.75, 3.05) is 0 Å². The van der Waals surface area contributed by atoms with Crippen LogP contribution >= 0.6 is 23.5 Å². The lowest BCUT2D eigenvalue weighted by molar-refractivity contribution is -0.0383. The van der Waals surface area contributed by atoms with Gasteiger partial charge in [-0.05, 0) is 162 Å². The van der Waals surface area contributed by atoms with Crippen molar-refractivity contribution in [1.29, 1.82) is 0 Å². The van der Waals surface area contributed by atoms with Crippen LogP contribution in [-0.4, -0.2) is 44.0 Å². The normalized spacial score (nSPS) is 49.9. The number of hydrogen-bond acceptors (Lipinski definition) is 3. The van der Waals surface area contributed by atoms with Gasteiger partial charge in [-0.2, -0.15) is 23.5 Å². The van der Waals surface area contributed by atoms with E-state index in [1.165, 1.54) is 57.8 Å². The minimum absolute atomic E-state index is 0.921. The molecule has 0 aromatic rings. The SMILES string of the molecule is C1CCC(C2CCC(N(C3CCC(C4CCCC5C6CCC7SC8CCCCC8C7C6SC45)CC3)C3CCCCC3C3CCCCC3)CC2)CC1. The molecule has 3 heteroatoms. The fourth-order valence-electron chi connectivity index (χ4n) is 16.8. The second-order valence-corrected chi connectivity index (χ2v) is 24.0. The minimum Gasteiger partial charge on any atom is -0.294 e. The molecule has 10 aliphatic rings. The first-order valence-corrected chi connectivity index (χ1v) is 26.3. The predicted octanol–water partition coefficient (Wildman–Crippen LogP) is 13.7. The minimum atomic E-state index is 0.921. The third kappa shape index (κ3) is 7.14. The average molecular weight is 734 g/mol. The van der Waals surface area contributed by atoms with Gasteiger partial charge in [0.05, 0.1) is 0 Å². The number of nitrogens with zero attached hydrogens (tertiary/aromatic N) is 1. The van der Waals surface area contributed by atoms with Crippen LogP contribution in [-0.2, 0) is 0 Å². The first kappa shape index (κ1) is 36.0. The monoisotopic (exact) mass is 734 g/mol. The van der Waals surface area contributed by atoms with E-state index in [0.717, 1.165) is 98.3 Å². The van der Waals surface area contributed by atoms with Crippen LogP contribution in [0, 0.1) is 59.2 Å². The summed E-state index contributed by atoms with van der Waals surface area (Å²) >= 11 is 5.18. The zero-order valence-corrected chi connectivity index (χ0v) is 34.6. The quantitative estimate of drug-likeness (QED) is 0.268. The maximum Gasteiger partial charge on any atom is 0.0132 e. The summed E-state index contributed by atoms with van der Waals surface area (Å²) in [5, 5.41) is 4.19. The van der Waals surface area contributed by atoms with Gasteiger partial charge in [0, 0.05) is 39.1 Å². The predicted molar refractivity (Wildman–Crippen MR) is 222 cm³/mol. The summed E-state index contributed by atoms with van der Waals surface area (Å²) in [5.74, 6) is 10.8. The van der Waals surface area contributed by atoms with E-state index >= 15 is 0 Å². The Balaban J connectivity index is 0.835. The van der Waals surface area contributed by atoms with Crippen LogP contribution in [0.5, 0.6) is 0 Å². The smallest absolute Gasteiger partial charge is 0.0132 e. The molecule has 1 nitrogen and oxygen atoms in total. The number of rotatable bonds is 6. The van der Waals surface area contributed by atoms with E-state index in [1.54, 1.807) is 141 Å². The Morgan fingerprint density at radius 1 is 0.294 bits per heavy atom. The highest BCUT2D eigenvalue weighted by molar-refractivity contribution is 8.02. The summed E-state index contributed by atoms with van der Waals surface area (Å²) in [6.45, 7) is 0. The second-order valence-electron chi connectivity index (χ2n) is 21.2. The zero-order chi connectivity index (χ0) is 33.7. The van der Waals surface area contributed by atoms with Gasteiger partial charge < -0.3 is 0 Å². The molecule has 2 saturated heterocycles. The van der Waals surface area contributed by atoms with Crippen molar-refractivity contribution in [3.63, 3.8) is 0 Å². The molecule has 8 saturated carbocycles. The molecule has 288 valence electrons. The average Bonchev–Trinajstić information content (AvgIpc) is 3.78. The van der Waals surface area contributed by atoms with Gasteiger partial charge in [0.1, 0.15) is 0 Å². The summed E-state index contributed by atoms with van der Waals surface area (Å²) in [7, 11) is 0. The summed E-state index contributed by atoms with van der Waals surface area (Å²) in [5.41, 5.74) is 0. The fraction of sp³-hybridized carbons (Fsp3) is 1.00. The Hall–Kier alpha value is 0.660. The molecule has 10 fully saturated rings. The standard InChI is InChI=1S/C48H79NS2/c1-3-12-32(13-4-1)33-22-26-36(27-23-33)49(43-20-9-7-16-38(43)34-14-5-2-6-15-34)37-28-24-35(25-29-37)39-18-11-19-40-41-30-31-45-46(48(41)51-47(39)40)42-17-8-10-21-44(42)50-45/h32-48H,1-31H2. The van der Waals surface area contributed by atoms with Crippen molar-refractivity contribution in [1.82, 2.24) is 4.90 Å². The highest BCUT2D eigenvalue weighted by Gasteiger charge is 2.59. The van der Waals surface area contributed by atoms with Crippen LogP contribution in [0.15, 0.2) is 0 Å². The number of thioether (sulfide) groups is 2. The molecule has 0 amide bonds. The molecule has 0 radical (unpaired) electrons. The van der Waals surface area contributed by atoms with Gasteiger partial charge in [-0.25, -0.2) is 0 Å². The molecule has 2 aliphatic heterocycles. The molecule has 10 rings (SSSR count). The third-order valence-corrected chi connectivity index (χ3v) is 22.9. The molecular weight excluding hydrogens is 655 g/mol. The highest BCUT2D eigenvalue weighted by atomic mass is 32.2. The van der Waals surface area contributed by atoms with E-state index < -0.39 is 0 Å². The Morgan fingerprint density at radius 2 is 0.824 bits per heavy atom. The molecule has 0 spiro atoms. The molecule has 11 atom stereocenters. The number of fused-ring (bicyclic) bond motifs is 7. The van der Waals surface area contributed by atoms with Gasteiger partial charge in [-0.1, -0.05) is 96.3 Å².